The number of aryl methyl sites for hydroxylation is 2. The van der Waals surface area contributed by atoms with Crippen molar-refractivity contribution in [3.8, 4) is 0 Å². The zero-order chi connectivity index (χ0) is 21.0. The first-order chi connectivity index (χ1) is 15.3. The third kappa shape index (κ3) is 4.44. The Morgan fingerprint density at radius 1 is 1.00 bits per heavy atom. The van der Waals surface area contributed by atoms with Gasteiger partial charge in [0.05, 0.1) is 25.3 Å². The molecule has 0 radical (unpaired) electrons. The number of aromatic nitrogens is 3. The second-order valence-corrected chi connectivity index (χ2v) is 7.81. The lowest BCUT2D eigenvalue weighted by Crippen LogP contribution is -2.38. The lowest BCUT2D eigenvalue weighted by molar-refractivity contribution is 0.0727. The third-order valence-corrected chi connectivity index (χ3v) is 5.71. The normalized spacial score (nSPS) is 16.3. The number of ether oxygens (including phenoxy) is 1. The molecular formula is C23H25N5O3. The molecule has 1 fully saturated rings. The number of nitrogens with zero attached hydrogens (tertiary/aromatic N) is 5. The zero-order valence-corrected chi connectivity index (χ0v) is 17.4. The summed E-state index contributed by atoms with van der Waals surface area (Å²) in [5.74, 6) is 2.20. The van der Waals surface area contributed by atoms with Crippen LogP contribution < -0.4 is 4.90 Å². The summed E-state index contributed by atoms with van der Waals surface area (Å²) in [5, 5.41) is 0. The number of amides is 1. The largest absolute Gasteiger partial charge is 0.445 e. The Balaban J connectivity index is 1.22. The van der Waals surface area contributed by atoms with Gasteiger partial charge in [-0.2, -0.15) is 0 Å². The van der Waals surface area contributed by atoms with Gasteiger partial charge in [-0.15, -0.1) is 0 Å². The van der Waals surface area contributed by atoms with E-state index in [-0.39, 0.29) is 5.91 Å². The summed E-state index contributed by atoms with van der Waals surface area (Å²) in [4.78, 5) is 30.3. The van der Waals surface area contributed by atoms with Crippen LogP contribution in [0.3, 0.4) is 0 Å². The van der Waals surface area contributed by atoms with Gasteiger partial charge in [-0.1, -0.05) is 30.3 Å². The van der Waals surface area contributed by atoms with Crippen molar-refractivity contribution < 1.29 is 13.9 Å². The molecule has 2 aromatic heterocycles. The summed E-state index contributed by atoms with van der Waals surface area (Å²) in [5.41, 5.74) is 2.61. The van der Waals surface area contributed by atoms with Crippen molar-refractivity contribution >= 4 is 11.9 Å². The number of morpholine rings is 1. The van der Waals surface area contributed by atoms with Crippen molar-refractivity contribution in [1.82, 2.24) is 19.9 Å². The van der Waals surface area contributed by atoms with Crippen LogP contribution in [0.25, 0.3) is 0 Å². The summed E-state index contributed by atoms with van der Waals surface area (Å²) in [6, 6.07) is 10.3. The summed E-state index contributed by atoms with van der Waals surface area (Å²) in [6.07, 6.45) is 5.54. The molecule has 3 aromatic rings. The summed E-state index contributed by atoms with van der Waals surface area (Å²) >= 11 is 0. The van der Waals surface area contributed by atoms with Crippen LogP contribution in [0.5, 0.6) is 0 Å². The van der Waals surface area contributed by atoms with Gasteiger partial charge < -0.3 is 19.0 Å². The third-order valence-electron chi connectivity index (χ3n) is 5.71. The molecule has 1 aromatic carbocycles. The maximum atomic E-state index is 13.0. The number of benzene rings is 1. The Bertz CT molecular complexity index is 1030. The molecule has 8 heteroatoms. The highest BCUT2D eigenvalue weighted by Gasteiger charge is 2.26. The maximum Gasteiger partial charge on any atom is 0.257 e. The van der Waals surface area contributed by atoms with Gasteiger partial charge in [0.1, 0.15) is 11.5 Å². The first-order valence-electron chi connectivity index (χ1n) is 10.7. The second-order valence-electron chi connectivity index (χ2n) is 7.81. The molecular weight excluding hydrogens is 394 g/mol. The number of hydrogen-bond donors (Lipinski definition) is 0. The molecule has 0 atom stereocenters. The molecule has 0 saturated carbocycles. The van der Waals surface area contributed by atoms with E-state index in [2.05, 4.69) is 32.0 Å². The van der Waals surface area contributed by atoms with E-state index in [4.69, 9.17) is 9.15 Å². The van der Waals surface area contributed by atoms with Gasteiger partial charge in [0.15, 0.2) is 5.89 Å². The standard InChI is InChI=1S/C23H25N5O3/c29-22(18-14-24-23(25-15-18)27-10-12-30-13-11-27)28-9-8-20-19(16-28)26-21(31-20)7-6-17-4-2-1-3-5-17/h1-5,14-15H,6-13,16H2. The molecule has 8 nitrogen and oxygen atoms in total. The maximum absolute atomic E-state index is 13.0. The van der Waals surface area contributed by atoms with Crippen molar-refractivity contribution in [3.05, 3.63) is 71.2 Å². The molecule has 1 saturated heterocycles. The Hall–Kier alpha value is -3.26. The fourth-order valence-corrected chi connectivity index (χ4v) is 3.97. The summed E-state index contributed by atoms with van der Waals surface area (Å²) < 4.78 is 11.3. The van der Waals surface area contributed by atoms with E-state index in [1.165, 1.54) is 5.56 Å². The summed E-state index contributed by atoms with van der Waals surface area (Å²) in [6.45, 7) is 3.93. The number of fused-ring (bicyclic) bond motifs is 1. The smallest absolute Gasteiger partial charge is 0.257 e. The summed E-state index contributed by atoms with van der Waals surface area (Å²) in [7, 11) is 0. The van der Waals surface area contributed by atoms with Crippen LogP contribution in [0, 0.1) is 0 Å². The number of carbonyl (C=O) groups is 1. The second kappa shape index (κ2) is 8.85. The highest BCUT2D eigenvalue weighted by molar-refractivity contribution is 5.93. The molecule has 5 rings (SSSR count). The monoisotopic (exact) mass is 419 g/mol. The molecule has 4 heterocycles. The molecule has 0 aliphatic carbocycles. The van der Waals surface area contributed by atoms with Gasteiger partial charge in [-0.3, -0.25) is 4.79 Å². The van der Waals surface area contributed by atoms with Crippen LogP contribution in [0.4, 0.5) is 5.95 Å². The van der Waals surface area contributed by atoms with Gasteiger partial charge in [-0.25, -0.2) is 15.0 Å². The number of hydrogen-bond acceptors (Lipinski definition) is 7. The van der Waals surface area contributed by atoms with Gasteiger partial charge in [0.2, 0.25) is 5.95 Å². The molecule has 2 aliphatic heterocycles. The predicted octanol–water partition coefficient (Wildman–Crippen LogP) is 2.28. The van der Waals surface area contributed by atoms with Gasteiger partial charge in [0, 0.05) is 44.9 Å². The Morgan fingerprint density at radius 2 is 1.77 bits per heavy atom. The lowest BCUT2D eigenvalue weighted by atomic mass is 10.1. The Morgan fingerprint density at radius 3 is 2.55 bits per heavy atom. The van der Waals surface area contributed by atoms with E-state index in [1.807, 2.05) is 18.2 Å². The average molecular weight is 419 g/mol. The van der Waals surface area contributed by atoms with Crippen molar-refractivity contribution in [1.29, 1.82) is 0 Å². The molecule has 160 valence electrons. The van der Waals surface area contributed by atoms with E-state index in [9.17, 15) is 4.79 Å². The average Bonchev–Trinajstić information content (AvgIpc) is 3.26. The molecule has 2 aliphatic rings. The first kappa shape index (κ1) is 19.7. The Kier molecular flexibility index (Phi) is 5.62. The molecule has 0 spiro atoms. The minimum atomic E-state index is -0.0759. The van der Waals surface area contributed by atoms with E-state index in [0.717, 1.165) is 43.3 Å². The van der Waals surface area contributed by atoms with E-state index in [1.54, 1.807) is 17.3 Å². The highest BCUT2D eigenvalue weighted by Crippen LogP contribution is 2.22. The Labute approximate surface area is 180 Å². The van der Waals surface area contributed by atoms with Crippen LogP contribution >= 0.6 is 0 Å². The van der Waals surface area contributed by atoms with Crippen LogP contribution in [0.15, 0.2) is 47.1 Å². The minimum Gasteiger partial charge on any atom is -0.445 e. The van der Waals surface area contributed by atoms with Crippen molar-refractivity contribution in [2.45, 2.75) is 25.8 Å². The number of oxazole rings is 1. The quantitative estimate of drug-likeness (QED) is 0.627. The highest BCUT2D eigenvalue weighted by atomic mass is 16.5. The molecule has 0 N–H and O–H groups in total. The van der Waals surface area contributed by atoms with Crippen molar-refractivity contribution in [3.63, 3.8) is 0 Å². The van der Waals surface area contributed by atoms with Crippen LogP contribution in [0.1, 0.15) is 33.3 Å². The van der Waals surface area contributed by atoms with Crippen LogP contribution in [-0.4, -0.2) is 58.6 Å². The van der Waals surface area contributed by atoms with Gasteiger partial charge in [-0.05, 0) is 12.0 Å². The lowest BCUT2D eigenvalue weighted by Gasteiger charge is -2.27. The molecule has 1 amide bonds. The van der Waals surface area contributed by atoms with Gasteiger partial charge >= 0.3 is 0 Å². The minimum absolute atomic E-state index is 0.0759. The zero-order valence-electron chi connectivity index (χ0n) is 17.4. The van der Waals surface area contributed by atoms with Crippen LogP contribution in [-0.2, 0) is 30.5 Å². The molecule has 0 bridgehead atoms. The SMILES string of the molecule is O=C(c1cnc(N2CCOCC2)nc1)N1CCc2oc(CCc3ccccc3)nc2C1. The molecule has 31 heavy (non-hydrogen) atoms. The fourth-order valence-electron chi connectivity index (χ4n) is 3.97. The van der Waals surface area contributed by atoms with E-state index < -0.39 is 0 Å². The van der Waals surface area contributed by atoms with Crippen LogP contribution in [0.2, 0.25) is 0 Å². The van der Waals surface area contributed by atoms with Crippen molar-refractivity contribution in [2.24, 2.45) is 0 Å². The fraction of sp³-hybridized carbons (Fsp3) is 0.391. The van der Waals surface area contributed by atoms with Gasteiger partial charge in [0.25, 0.3) is 5.91 Å². The van der Waals surface area contributed by atoms with E-state index in [0.29, 0.717) is 44.2 Å². The number of rotatable bonds is 5. The topological polar surface area (TPSA) is 84.6 Å². The number of carbonyl (C=O) groups excluding carboxylic acids is 1. The van der Waals surface area contributed by atoms with E-state index >= 15 is 0 Å². The number of anilines is 1. The predicted molar refractivity (Wildman–Crippen MR) is 114 cm³/mol. The van der Waals surface area contributed by atoms with Crippen molar-refractivity contribution in [2.75, 3.05) is 37.7 Å². The first-order valence-corrected chi connectivity index (χ1v) is 10.7. The molecule has 0 unspecified atom stereocenters.